The van der Waals surface area contributed by atoms with E-state index in [1.54, 1.807) is 18.2 Å². The van der Waals surface area contributed by atoms with Gasteiger partial charge >= 0.3 is 5.97 Å². The molecule has 88 valence electrons. The zero-order valence-electron chi connectivity index (χ0n) is 9.12. The maximum Gasteiger partial charge on any atom is 0.371 e. The largest absolute Gasteiger partial charge is 0.475 e. The van der Waals surface area contributed by atoms with Gasteiger partial charge in [0.05, 0.1) is 6.54 Å². The number of hydrogen-bond donors (Lipinski definition) is 1. The number of carboxylic acids is 1. The highest BCUT2D eigenvalue weighted by Gasteiger charge is 2.09. The van der Waals surface area contributed by atoms with E-state index in [1.165, 1.54) is 6.07 Å². The maximum absolute atomic E-state index is 10.7. The van der Waals surface area contributed by atoms with Gasteiger partial charge in [0.25, 0.3) is 0 Å². The van der Waals surface area contributed by atoms with Crippen LogP contribution >= 0.6 is 0 Å². The number of hydrogen-bond acceptors (Lipinski definition) is 3. The summed E-state index contributed by atoms with van der Waals surface area (Å²) in [6.45, 7) is 0.0975. The van der Waals surface area contributed by atoms with Crippen LogP contribution in [0.1, 0.15) is 16.1 Å². The van der Waals surface area contributed by atoms with Gasteiger partial charge in [0, 0.05) is 15.9 Å². The third kappa shape index (κ3) is 2.43. The Kier molecular flexibility index (Phi) is 3.19. The lowest BCUT2D eigenvalue weighted by atomic mass is 10.1. The summed E-state index contributed by atoms with van der Waals surface area (Å²) < 4.78 is 5.11. The Morgan fingerprint density at radius 1 is 1.50 bits per heavy atom. The molecule has 0 atom stereocenters. The molecule has 0 saturated carbocycles. The molecule has 1 aromatic heterocycles. The molecule has 0 saturated heterocycles. The van der Waals surface area contributed by atoms with Crippen LogP contribution in [0.3, 0.4) is 0 Å². The molecule has 2 aromatic rings. The van der Waals surface area contributed by atoms with Crippen LogP contribution in [-0.2, 0) is 0 Å². The molecule has 1 heterocycles. The quantitative estimate of drug-likeness (QED) is 0.378. The first-order valence-corrected chi connectivity index (χ1v) is 4.97. The molecule has 0 spiro atoms. The van der Waals surface area contributed by atoms with Crippen LogP contribution in [-0.4, -0.2) is 17.6 Å². The summed E-state index contributed by atoms with van der Waals surface area (Å²) in [7, 11) is 0. The molecule has 6 heteroatoms. The fourth-order valence-corrected chi connectivity index (χ4v) is 1.44. The van der Waals surface area contributed by atoms with Gasteiger partial charge in [0.2, 0.25) is 5.76 Å². The van der Waals surface area contributed by atoms with E-state index >= 15 is 0 Å². The van der Waals surface area contributed by atoms with Gasteiger partial charge in [0.15, 0.2) is 0 Å². The van der Waals surface area contributed by atoms with E-state index in [-0.39, 0.29) is 12.3 Å². The van der Waals surface area contributed by atoms with Crippen molar-refractivity contribution in [3.8, 4) is 11.8 Å². The predicted octanol–water partition coefficient (Wildman–Crippen LogP) is 2.79. The third-order valence-corrected chi connectivity index (χ3v) is 2.17. The van der Waals surface area contributed by atoms with Gasteiger partial charge in [-0.15, -0.1) is 0 Å². The number of nitrogens with zero attached hydrogens (tertiary/aromatic N) is 3. The van der Waals surface area contributed by atoms with Gasteiger partial charge in [-0.2, -0.15) is 0 Å². The minimum absolute atomic E-state index is 0.0975. The number of furan rings is 1. The van der Waals surface area contributed by atoms with Crippen LogP contribution in [0.5, 0.6) is 0 Å². The standard InChI is InChI=1S/C12H7N3O3/c13-15-14-5-1-2-8-3-4-10-9(6-8)7-11(18-10)12(16)17/h3-4,6-7H,5H2,(H,16,17). The molecule has 18 heavy (non-hydrogen) atoms. The van der Waals surface area contributed by atoms with Crippen molar-refractivity contribution in [2.45, 2.75) is 0 Å². The first kappa shape index (κ1) is 11.6. The molecule has 6 nitrogen and oxygen atoms in total. The van der Waals surface area contributed by atoms with Crippen LogP contribution in [0.4, 0.5) is 0 Å². The van der Waals surface area contributed by atoms with E-state index in [0.29, 0.717) is 16.5 Å². The van der Waals surface area contributed by atoms with E-state index in [2.05, 4.69) is 21.9 Å². The maximum atomic E-state index is 10.7. The highest BCUT2D eigenvalue weighted by molar-refractivity contribution is 5.91. The molecule has 0 fully saturated rings. The number of azide groups is 1. The van der Waals surface area contributed by atoms with Crippen molar-refractivity contribution in [3.63, 3.8) is 0 Å². The van der Waals surface area contributed by atoms with Crippen molar-refractivity contribution < 1.29 is 14.3 Å². The number of rotatable bonds is 2. The molecule has 0 radical (unpaired) electrons. The number of fused-ring (bicyclic) bond motifs is 1. The Morgan fingerprint density at radius 3 is 3.06 bits per heavy atom. The molecule has 0 amide bonds. The Morgan fingerprint density at radius 2 is 2.33 bits per heavy atom. The van der Waals surface area contributed by atoms with E-state index in [4.69, 9.17) is 15.1 Å². The van der Waals surface area contributed by atoms with Gasteiger partial charge in [0.1, 0.15) is 5.58 Å². The Labute approximate surface area is 101 Å². The number of carbonyl (C=O) groups is 1. The summed E-state index contributed by atoms with van der Waals surface area (Å²) in [6, 6.07) is 6.52. The fourth-order valence-electron chi connectivity index (χ4n) is 1.44. The van der Waals surface area contributed by atoms with Crippen molar-refractivity contribution in [2.75, 3.05) is 6.54 Å². The van der Waals surface area contributed by atoms with Gasteiger partial charge in [-0.25, -0.2) is 4.79 Å². The predicted molar refractivity (Wildman–Crippen MR) is 64.1 cm³/mol. The van der Waals surface area contributed by atoms with Gasteiger partial charge in [-0.05, 0) is 29.8 Å². The SMILES string of the molecule is [N-]=[N+]=NCC#Cc1ccc2oc(C(=O)O)cc2c1. The summed E-state index contributed by atoms with van der Waals surface area (Å²) in [6.07, 6.45) is 0. The normalized spacial score (nSPS) is 9.33. The molecular formula is C12H7N3O3. The van der Waals surface area contributed by atoms with E-state index in [1.807, 2.05) is 0 Å². The highest BCUT2D eigenvalue weighted by Crippen LogP contribution is 2.20. The Hall–Kier alpha value is -2.90. The fraction of sp³-hybridized carbons (Fsp3) is 0.0833. The summed E-state index contributed by atoms with van der Waals surface area (Å²) in [5.41, 5.74) is 9.28. The average molecular weight is 241 g/mol. The molecule has 0 aliphatic heterocycles. The van der Waals surface area contributed by atoms with Crippen LogP contribution in [0.25, 0.3) is 21.4 Å². The summed E-state index contributed by atoms with van der Waals surface area (Å²) in [5.74, 6) is 4.27. The average Bonchev–Trinajstić information content (AvgIpc) is 2.78. The molecule has 0 unspecified atom stereocenters. The minimum atomic E-state index is -1.11. The molecule has 0 aliphatic rings. The summed E-state index contributed by atoms with van der Waals surface area (Å²) >= 11 is 0. The smallest absolute Gasteiger partial charge is 0.371 e. The van der Waals surface area contributed by atoms with Gasteiger partial charge < -0.3 is 9.52 Å². The van der Waals surface area contributed by atoms with E-state index in [0.717, 1.165) is 0 Å². The lowest BCUT2D eigenvalue weighted by molar-refractivity contribution is 0.0665. The monoisotopic (exact) mass is 241 g/mol. The second kappa shape index (κ2) is 4.95. The first-order valence-electron chi connectivity index (χ1n) is 4.97. The number of carboxylic acid groups (broad SMARTS) is 1. The van der Waals surface area contributed by atoms with E-state index < -0.39 is 5.97 Å². The topological polar surface area (TPSA) is 99.2 Å². The summed E-state index contributed by atoms with van der Waals surface area (Å²) in [5, 5.41) is 12.7. The zero-order valence-corrected chi connectivity index (χ0v) is 9.12. The van der Waals surface area contributed by atoms with Crippen molar-refractivity contribution in [2.24, 2.45) is 5.11 Å². The molecule has 2 rings (SSSR count). The van der Waals surface area contributed by atoms with Crippen LogP contribution in [0, 0.1) is 11.8 Å². The lowest BCUT2D eigenvalue weighted by Gasteiger charge is -1.89. The Bertz CT molecular complexity index is 715. The molecular weight excluding hydrogens is 234 g/mol. The zero-order chi connectivity index (χ0) is 13.0. The Balaban J connectivity index is 2.34. The first-order chi connectivity index (χ1) is 8.70. The third-order valence-electron chi connectivity index (χ3n) is 2.17. The minimum Gasteiger partial charge on any atom is -0.475 e. The molecule has 0 bridgehead atoms. The van der Waals surface area contributed by atoms with Crippen LogP contribution < -0.4 is 0 Å². The number of aromatic carboxylic acids is 1. The summed E-state index contributed by atoms with van der Waals surface area (Å²) in [4.78, 5) is 13.3. The van der Waals surface area contributed by atoms with Crippen molar-refractivity contribution in [1.82, 2.24) is 0 Å². The number of benzene rings is 1. The van der Waals surface area contributed by atoms with Crippen molar-refractivity contribution >= 4 is 16.9 Å². The van der Waals surface area contributed by atoms with Gasteiger partial charge in [-0.3, -0.25) is 0 Å². The second-order valence-electron chi connectivity index (χ2n) is 3.36. The van der Waals surface area contributed by atoms with Crippen molar-refractivity contribution in [3.05, 3.63) is 46.0 Å². The molecule has 1 N–H and O–H groups in total. The second-order valence-corrected chi connectivity index (χ2v) is 3.36. The van der Waals surface area contributed by atoms with Crippen molar-refractivity contribution in [1.29, 1.82) is 0 Å². The van der Waals surface area contributed by atoms with Crippen LogP contribution in [0.2, 0.25) is 0 Å². The molecule has 1 aromatic carbocycles. The van der Waals surface area contributed by atoms with Gasteiger partial charge in [-0.1, -0.05) is 17.0 Å². The van der Waals surface area contributed by atoms with E-state index in [9.17, 15) is 4.79 Å². The highest BCUT2D eigenvalue weighted by atomic mass is 16.4. The lowest BCUT2D eigenvalue weighted by Crippen LogP contribution is -1.91. The molecule has 0 aliphatic carbocycles. The van der Waals surface area contributed by atoms with Crippen LogP contribution in [0.15, 0.2) is 33.8 Å².